The minimum Gasteiger partial charge on any atom is -0.624 e. The molecule has 4 nitrogen and oxygen atoms in total. The summed E-state index contributed by atoms with van der Waals surface area (Å²) in [4.78, 5) is 0.684. The van der Waals surface area contributed by atoms with E-state index in [1.165, 1.54) is 42.2 Å². The zero-order valence-corrected chi connectivity index (χ0v) is 13.1. The van der Waals surface area contributed by atoms with Gasteiger partial charge < -0.3 is 14.4 Å². The molecule has 0 N–H and O–H groups in total. The van der Waals surface area contributed by atoms with E-state index in [1.54, 1.807) is 26.0 Å². The maximum Gasteiger partial charge on any atom is 0.573 e. The van der Waals surface area contributed by atoms with Gasteiger partial charge in [0.25, 0.3) is 0 Å². The highest BCUT2D eigenvalue weighted by molar-refractivity contribution is 7.99. The minimum atomic E-state index is -4.71. The van der Waals surface area contributed by atoms with E-state index in [2.05, 4.69) is 4.74 Å². The molecule has 0 spiro atoms. The third-order valence-corrected chi connectivity index (χ3v) is 3.57. The number of hydroxylamine groups is 1. The van der Waals surface area contributed by atoms with Crippen molar-refractivity contribution in [1.29, 1.82) is 0 Å². The summed E-state index contributed by atoms with van der Waals surface area (Å²) in [5.41, 5.74) is 0. The van der Waals surface area contributed by atoms with Crippen LogP contribution in [0.4, 0.5) is 13.2 Å². The van der Waals surface area contributed by atoms with Crippen molar-refractivity contribution < 1.29 is 27.1 Å². The van der Waals surface area contributed by atoms with E-state index in [1.807, 2.05) is 0 Å². The Labute approximate surface area is 135 Å². The molecule has 1 aromatic heterocycles. The van der Waals surface area contributed by atoms with Crippen LogP contribution < -0.4 is 4.74 Å². The molecule has 124 valence electrons. The third kappa shape index (κ3) is 5.55. The lowest BCUT2D eigenvalue weighted by Crippen LogP contribution is -2.16. The van der Waals surface area contributed by atoms with E-state index in [0.29, 0.717) is 15.7 Å². The van der Waals surface area contributed by atoms with Crippen LogP contribution in [0.25, 0.3) is 0 Å². The van der Waals surface area contributed by atoms with Gasteiger partial charge in [0.2, 0.25) is 6.21 Å². The number of rotatable bonds is 5. The zero-order chi connectivity index (χ0) is 17.0. The molecule has 0 bridgehead atoms. The highest BCUT2D eigenvalue weighted by Crippen LogP contribution is 2.31. The van der Waals surface area contributed by atoms with Gasteiger partial charge in [0, 0.05) is 4.90 Å². The van der Waals surface area contributed by atoms with Gasteiger partial charge in [-0.1, -0.05) is 11.8 Å². The maximum absolute atomic E-state index is 12.1. The molecule has 0 fully saturated rings. The Morgan fingerprint density at radius 1 is 1.17 bits per heavy atom. The second-order valence-corrected chi connectivity index (χ2v) is 5.94. The van der Waals surface area contributed by atoms with Crippen LogP contribution in [-0.2, 0) is 0 Å². The standard InChI is InChI=1S/C15H14F3NO3S/c1-10(2)19(20)9-12-5-8-14(21-12)23-13-6-3-11(4-7-13)22-15(16,17)18/h3-10H,1-2H3/b19-9-. The molecule has 0 unspecified atom stereocenters. The van der Waals surface area contributed by atoms with Crippen LogP contribution in [0.3, 0.4) is 0 Å². The number of hydrogen-bond acceptors (Lipinski definition) is 4. The van der Waals surface area contributed by atoms with Gasteiger partial charge in [0.1, 0.15) is 5.75 Å². The summed E-state index contributed by atoms with van der Waals surface area (Å²) >= 11 is 1.23. The SMILES string of the molecule is CC(C)/[N+]([O-])=C/c1ccc(Sc2ccc(OC(F)(F)F)cc2)o1. The van der Waals surface area contributed by atoms with E-state index < -0.39 is 6.36 Å². The van der Waals surface area contributed by atoms with Crippen molar-refractivity contribution in [3.8, 4) is 5.75 Å². The molecule has 0 amide bonds. The van der Waals surface area contributed by atoms with Gasteiger partial charge in [-0.2, -0.15) is 0 Å². The lowest BCUT2D eigenvalue weighted by molar-refractivity contribution is -0.487. The lowest BCUT2D eigenvalue weighted by Gasteiger charge is -2.08. The van der Waals surface area contributed by atoms with E-state index >= 15 is 0 Å². The van der Waals surface area contributed by atoms with E-state index in [4.69, 9.17) is 4.42 Å². The second-order valence-electron chi connectivity index (χ2n) is 4.86. The summed E-state index contributed by atoms with van der Waals surface area (Å²) in [5, 5.41) is 12.0. The minimum absolute atomic E-state index is 0.197. The molecule has 0 saturated heterocycles. The number of alkyl halides is 3. The molecule has 0 aliphatic carbocycles. The van der Waals surface area contributed by atoms with Crippen molar-refractivity contribution in [3.05, 3.63) is 47.4 Å². The molecule has 0 saturated carbocycles. The van der Waals surface area contributed by atoms with Gasteiger partial charge in [-0.3, -0.25) is 0 Å². The van der Waals surface area contributed by atoms with Crippen molar-refractivity contribution in [2.75, 3.05) is 0 Å². The molecule has 2 rings (SSSR count). The third-order valence-electron chi connectivity index (χ3n) is 2.64. The van der Waals surface area contributed by atoms with Gasteiger partial charge in [0.05, 0.1) is 0 Å². The van der Waals surface area contributed by atoms with Gasteiger partial charge in [-0.15, -0.1) is 13.2 Å². The first-order valence-electron chi connectivity index (χ1n) is 6.67. The summed E-state index contributed by atoms with van der Waals surface area (Å²) in [6.45, 7) is 3.51. The highest BCUT2D eigenvalue weighted by Gasteiger charge is 2.30. The molecule has 1 aromatic carbocycles. The van der Waals surface area contributed by atoms with Crippen molar-refractivity contribution >= 4 is 18.0 Å². The fourth-order valence-corrected chi connectivity index (χ4v) is 2.34. The highest BCUT2D eigenvalue weighted by atomic mass is 32.2. The first-order chi connectivity index (χ1) is 10.7. The van der Waals surface area contributed by atoms with Crippen molar-refractivity contribution in [2.45, 2.75) is 36.2 Å². The Balaban J connectivity index is 2.03. The molecular weight excluding hydrogens is 331 g/mol. The molecule has 0 aliphatic heterocycles. The van der Waals surface area contributed by atoms with Gasteiger partial charge in [0.15, 0.2) is 16.9 Å². The summed E-state index contributed by atoms with van der Waals surface area (Å²) in [6.07, 6.45) is -3.37. The van der Waals surface area contributed by atoms with Crippen LogP contribution in [0.1, 0.15) is 19.6 Å². The number of halogens is 3. The molecule has 1 heterocycles. The Morgan fingerprint density at radius 3 is 2.39 bits per heavy atom. The predicted molar refractivity (Wildman–Crippen MR) is 79.9 cm³/mol. The van der Waals surface area contributed by atoms with E-state index in [-0.39, 0.29) is 11.8 Å². The Kier molecular flexibility index (Phi) is 5.25. The van der Waals surface area contributed by atoms with E-state index in [0.717, 1.165) is 4.74 Å². The summed E-state index contributed by atoms with van der Waals surface area (Å²) in [6, 6.07) is 8.57. The van der Waals surface area contributed by atoms with Crippen LogP contribution in [0, 0.1) is 5.21 Å². The fraction of sp³-hybridized carbons (Fsp3) is 0.267. The fourth-order valence-electron chi connectivity index (χ4n) is 1.56. The van der Waals surface area contributed by atoms with Crippen LogP contribution >= 0.6 is 11.8 Å². The molecule has 8 heteroatoms. The Bertz CT molecular complexity index is 678. The molecule has 0 aliphatic rings. The van der Waals surface area contributed by atoms with E-state index in [9.17, 15) is 18.4 Å². The van der Waals surface area contributed by atoms with Crippen molar-refractivity contribution in [3.63, 3.8) is 0 Å². The lowest BCUT2D eigenvalue weighted by atomic mass is 10.3. The Hall–Kier alpha value is -2.09. The molecule has 2 aromatic rings. The number of ether oxygens (including phenoxy) is 1. The monoisotopic (exact) mass is 345 g/mol. The number of hydrogen-bond donors (Lipinski definition) is 0. The normalized spacial score (nSPS) is 12.7. The first-order valence-corrected chi connectivity index (χ1v) is 7.48. The molecule has 0 atom stereocenters. The van der Waals surface area contributed by atoms with Crippen LogP contribution in [0.5, 0.6) is 5.75 Å². The molecule has 23 heavy (non-hydrogen) atoms. The summed E-state index contributed by atoms with van der Waals surface area (Å²) in [5.74, 6) is 0.127. The maximum atomic E-state index is 12.1. The van der Waals surface area contributed by atoms with Crippen LogP contribution in [-0.4, -0.2) is 23.4 Å². The quantitative estimate of drug-likeness (QED) is 0.342. The number of furan rings is 1. The van der Waals surface area contributed by atoms with Gasteiger partial charge in [-0.25, -0.2) is 4.74 Å². The first kappa shape index (κ1) is 17.3. The Morgan fingerprint density at radius 2 is 1.83 bits per heavy atom. The predicted octanol–water partition coefficient (Wildman–Crippen LogP) is 4.67. The molecule has 0 radical (unpaired) electrons. The summed E-state index contributed by atoms with van der Waals surface area (Å²) < 4.78 is 46.3. The number of benzene rings is 1. The average molecular weight is 345 g/mol. The van der Waals surface area contributed by atoms with Crippen molar-refractivity contribution in [1.82, 2.24) is 0 Å². The topological polar surface area (TPSA) is 48.4 Å². The van der Waals surface area contributed by atoms with Crippen LogP contribution in [0.15, 0.2) is 50.8 Å². The molecular formula is C15H14F3NO3S. The van der Waals surface area contributed by atoms with Gasteiger partial charge in [-0.05, 0) is 50.2 Å². The second kappa shape index (κ2) is 6.99. The average Bonchev–Trinajstić information content (AvgIpc) is 2.86. The van der Waals surface area contributed by atoms with Crippen molar-refractivity contribution in [2.24, 2.45) is 0 Å². The number of nitrogens with zero attached hydrogens (tertiary/aromatic N) is 1. The smallest absolute Gasteiger partial charge is 0.573 e. The van der Waals surface area contributed by atoms with Gasteiger partial charge >= 0.3 is 6.36 Å². The largest absolute Gasteiger partial charge is 0.624 e. The zero-order valence-electron chi connectivity index (χ0n) is 12.3. The summed E-state index contributed by atoms with van der Waals surface area (Å²) in [7, 11) is 0. The van der Waals surface area contributed by atoms with Crippen LogP contribution in [0.2, 0.25) is 0 Å².